The van der Waals surface area contributed by atoms with Gasteiger partial charge in [-0.25, -0.2) is 13.2 Å². The lowest BCUT2D eigenvalue weighted by molar-refractivity contribution is -0.137. The predicted octanol–water partition coefficient (Wildman–Crippen LogP) is 0.573. The molecule has 1 saturated heterocycles. The molecule has 1 aliphatic rings. The standard InChI is InChI=1S/C12H9BrClN3O6S/c1-17-7(18)3-6(11(17)19)16-24(21,22)10-4(13)2-5-9(8(10)14)23-12(20)15-5/h2,6,16H,3H2,1H3,(H,15,20)/t6-/m0/s1. The van der Waals surface area contributed by atoms with Gasteiger partial charge in [-0.2, -0.15) is 4.72 Å². The molecular weight excluding hydrogens is 430 g/mol. The van der Waals surface area contributed by atoms with Gasteiger partial charge in [-0.05, 0) is 22.0 Å². The molecule has 1 atom stereocenters. The average molecular weight is 439 g/mol. The number of oxazole rings is 1. The maximum atomic E-state index is 12.6. The van der Waals surface area contributed by atoms with Crippen molar-refractivity contribution >= 4 is 60.5 Å². The highest BCUT2D eigenvalue weighted by Gasteiger charge is 2.39. The van der Waals surface area contributed by atoms with E-state index in [9.17, 15) is 22.8 Å². The van der Waals surface area contributed by atoms with Crippen molar-refractivity contribution < 1.29 is 22.4 Å². The van der Waals surface area contributed by atoms with Gasteiger partial charge in [0.1, 0.15) is 16.0 Å². The maximum Gasteiger partial charge on any atom is 0.417 e. The Labute approximate surface area is 148 Å². The van der Waals surface area contributed by atoms with Gasteiger partial charge in [-0.3, -0.25) is 19.5 Å². The van der Waals surface area contributed by atoms with Gasteiger partial charge in [0.05, 0.1) is 11.9 Å². The van der Waals surface area contributed by atoms with Crippen LogP contribution in [0.1, 0.15) is 6.42 Å². The summed E-state index contributed by atoms with van der Waals surface area (Å²) in [5.41, 5.74) is 0.0823. The van der Waals surface area contributed by atoms with E-state index in [4.69, 9.17) is 16.0 Å². The molecule has 0 saturated carbocycles. The first-order chi connectivity index (χ1) is 11.1. The number of fused-ring (bicyclic) bond motifs is 1. The quantitative estimate of drug-likeness (QED) is 0.674. The minimum Gasteiger partial charge on any atom is -0.406 e. The molecule has 12 heteroatoms. The molecule has 1 aromatic heterocycles. The lowest BCUT2D eigenvalue weighted by atomic mass is 10.3. The Morgan fingerprint density at radius 1 is 1.42 bits per heavy atom. The van der Waals surface area contributed by atoms with E-state index in [1.165, 1.54) is 13.1 Å². The molecule has 0 spiro atoms. The van der Waals surface area contributed by atoms with Gasteiger partial charge in [0, 0.05) is 11.5 Å². The number of carbonyl (C=O) groups excluding carboxylic acids is 2. The van der Waals surface area contributed by atoms with Crippen molar-refractivity contribution in [1.29, 1.82) is 0 Å². The van der Waals surface area contributed by atoms with Crippen LogP contribution < -0.4 is 10.5 Å². The minimum absolute atomic E-state index is 0.0645. The number of halogens is 2. The van der Waals surface area contributed by atoms with Crippen LogP contribution in [0.3, 0.4) is 0 Å². The lowest BCUT2D eigenvalue weighted by Crippen LogP contribution is -2.40. The molecule has 24 heavy (non-hydrogen) atoms. The van der Waals surface area contributed by atoms with Crippen molar-refractivity contribution in [2.24, 2.45) is 0 Å². The second kappa shape index (κ2) is 5.69. The molecule has 128 valence electrons. The van der Waals surface area contributed by atoms with Crippen molar-refractivity contribution in [3.63, 3.8) is 0 Å². The number of aromatic amines is 1. The van der Waals surface area contributed by atoms with Gasteiger partial charge in [0.15, 0.2) is 5.58 Å². The number of benzene rings is 1. The zero-order valence-electron chi connectivity index (χ0n) is 11.9. The van der Waals surface area contributed by atoms with Crippen LogP contribution in [0.2, 0.25) is 5.02 Å². The van der Waals surface area contributed by atoms with Crippen LogP contribution in [0.4, 0.5) is 0 Å². The number of amides is 2. The van der Waals surface area contributed by atoms with E-state index < -0.39 is 38.5 Å². The van der Waals surface area contributed by atoms with Gasteiger partial charge in [0.2, 0.25) is 21.8 Å². The van der Waals surface area contributed by atoms with Crippen LogP contribution in [0, 0.1) is 0 Å². The maximum absolute atomic E-state index is 12.6. The predicted molar refractivity (Wildman–Crippen MR) is 86.0 cm³/mol. The van der Waals surface area contributed by atoms with Crippen molar-refractivity contribution in [2.75, 3.05) is 7.05 Å². The number of rotatable bonds is 3. The summed E-state index contributed by atoms with van der Waals surface area (Å²) in [4.78, 5) is 37.5. The number of carbonyl (C=O) groups is 2. The minimum atomic E-state index is -4.27. The smallest absolute Gasteiger partial charge is 0.406 e. The third kappa shape index (κ3) is 2.66. The molecule has 2 heterocycles. The monoisotopic (exact) mass is 437 g/mol. The number of aromatic nitrogens is 1. The first-order valence-electron chi connectivity index (χ1n) is 6.45. The number of likely N-dealkylation sites (N-methyl/N-ethyl adjacent to an activating group) is 1. The van der Waals surface area contributed by atoms with E-state index in [0.29, 0.717) is 0 Å². The molecule has 0 aliphatic carbocycles. The second-order valence-electron chi connectivity index (χ2n) is 5.06. The molecule has 1 aromatic carbocycles. The van der Waals surface area contributed by atoms with E-state index >= 15 is 0 Å². The highest BCUT2D eigenvalue weighted by molar-refractivity contribution is 9.10. The summed E-state index contributed by atoms with van der Waals surface area (Å²) in [6.45, 7) is 0. The fourth-order valence-corrected chi connectivity index (χ4v) is 5.39. The summed E-state index contributed by atoms with van der Waals surface area (Å²) in [6.07, 6.45) is -0.286. The van der Waals surface area contributed by atoms with Crippen LogP contribution in [0.5, 0.6) is 0 Å². The first-order valence-corrected chi connectivity index (χ1v) is 9.11. The summed E-state index contributed by atoms with van der Waals surface area (Å²) >= 11 is 9.13. The second-order valence-corrected chi connectivity index (χ2v) is 7.94. The van der Waals surface area contributed by atoms with Crippen LogP contribution >= 0.6 is 27.5 Å². The SMILES string of the molecule is CN1C(=O)C[C@H](NS(=O)(=O)c2c(Br)cc3[nH]c(=O)oc3c2Cl)C1=O. The van der Waals surface area contributed by atoms with Crippen LogP contribution in [0.25, 0.3) is 11.1 Å². The molecule has 2 aromatic rings. The van der Waals surface area contributed by atoms with Crippen molar-refractivity contribution in [3.8, 4) is 0 Å². The third-order valence-electron chi connectivity index (χ3n) is 3.51. The number of imide groups is 1. The topological polar surface area (TPSA) is 130 Å². The van der Waals surface area contributed by atoms with Crippen molar-refractivity contribution in [2.45, 2.75) is 17.4 Å². The highest BCUT2D eigenvalue weighted by Crippen LogP contribution is 2.35. The van der Waals surface area contributed by atoms with E-state index in [2.05, 4.69) is 25.6 Å². The number of H-pyrrole nitrogens is 1. The summed E-state index contributed by atoms with van der Waals surface area (Å²) in [5, 5.41) is -0.324. The van der Waals surface area contributed by atoms with Crippen LogP contribution in [-0.2, 0) is 19.6 Å². The summed E-state index contributed by atoms with van der Waals surface area (Å²) < 4.78 is 32.2. The molecule has 0 unspecified atom stereocenters. The molecule has 1 aliphatic heterocycles. The molecule has 1 fully saturated rings. The lowest BCUT2D eigenvalue weighted by Gasteiger charge is -2.14. The number of hydrogen-bond acceptors (Lipinski definition) is 6. The zero-order chi connectivity index (χ0) is 17.8. The van der Waals surface area contributed by atoms with Gasteiger partial charge >= 0.3 is 5.76 Å². The van der Waals surface area contributed by atoms with Gasteiger partial charge < -0.3 is 4.42 Å². The van der Waals surface area contributed by atoms with Gasteiger partial charge in [-0.1, -0.05) is 11.6 Å². The Morgan fingerprint density at radius 3 is 2.67 bits per heavy atom. The van der Waals surface area contributed by atoms with Crippen molar-refractivity contribution in [3.05, 3.63) is 26.1 Å². The Bertz CT molecular complexity index is 1040. The van der Waals surface area contributed by atoms with Crippen LogP contribution in [0.15, 0.2) is 24.6 Å². The number of likely N-dealkylation sites (tertiary alicyclic amines) is 1. The Hall–Kier alpha value is -1.69. The molecular formula is C12H9BrClN3O6S. The van der Waals surface area contributed by atoms with Crippen molar-refractivity contribution in [1.82, 2.24) is 14.6 Å². The normalized spacial score (nSPS) is 18.8. The molecule has 2 amide bonds. The third-order valence-corrected chi connectivity index (χ3v) is 6.43. The Morgan fingerprint density at radius 2 is 2.08 bits per heavy atom. The van der Waals surface area contributed by atoms with Gasteiger partial charge in [0.25, 0.3) is 0 Å². The van der Waals surface area contributed by atoms with E-state index in [1.807, 2.05) is 0 Å². The number of nitrogens with one attached hydrogen (secondary N) is 2. The molecule has 2 N–H and O–H groups in total. The fourth-order valence-electron chi connectivity index (χ4n) is 2.34. The van der Waals surface area contributed by atoms with E-state index in [1.54, 1.807) is 0 Å². The number of nitrogens with zero attached hydrogens (tertiary/aromatic N) is 1. The highest BCUT2D eigenvalue weighted by atomic mass is 79.9. The van der Waals surface area contributed by atoms with Gasteiger partial charge in [-0.15, -0.1) is 0 Å². The average Bonchev–Trinajstić information content (AvgIpc) is 2.94. The molecule has 0 radical (unpaired) electrons. The molecule has 9 nitrogen and oxygen atoms in total. The fraction of sp³-hybridized carbons (Fsp3) is 0.250. The molecule has 3 rings (SSSR count). The zero-order valence-corrected chi connectivity index (χ0v) is 15.1. The van der Waals surface area contributed by atoms with E-state index in [-0.39, 0.29) is 27.0 Å². The Balaban J connectivity index is 2.07. The van der Waals surface area contributed by atoms with E-state index in [0.717, 1.165) is 4.90 Å². The summed E-state index contributed by atoms with van der Waals surface area (Å²) in [7, 11) is -3.01. The summed E-state index contributed by atoms with van der Waals surface area (Å²) in [5.74, 6) is -1.95. The first kappa shape index (κ1) is 17.1. The molecule has 0 bridgehead atoms. The summed E-state index contributed by atoms with van der Waals surface area (Å²) in [6, 6.07) is 0.0958. The number of sulfonamides is 1. The largest absolute Gasteiger partial charge is 0.417 e. The number of hydrogen-bond donors (Lipinski definition) is 2. The van der Waals surface area contributed by atoms with Crippen LogP contribution in [-0.4, -0.2) is 43.2 Å². The Kier molecular flexibility index (Phi) is 4.06.